The number of aromatic nitrogens is 2. The van der Waals surface area contributed by atoms with E-state index in [0.717, 1.165) is 12.0 Å². The first-order valence-corrected chi connectivity index (χ1v) is 10.9. The Morgan fingerprint density at radius 2 is 1.97 bits per heavy atom. The molecule has 5 rings (SSSR count). The molecule has 2 aliphatic rings. The van der Waals surface area contributed by atoms with Crippen LogP contribution < -0.4 is 14.2 Å². The minimum absolute atomic E-state index is 0.197. The second kappa shape index (κ2) is 8.26. The van der Waals surface area contributed by atoms with Gasteiger partial charge in [-0.1, -0.05) is 17.7 Å². The van der Waals surface area contributed by atoms with Crippen molar-refractivity contribution in [2.75, 3.05) is 27.2 Å². The Morgan fingerprint density at radius 3 is 2.76 bits per heavy atom. The molecule has 1 aromatic heterocycles. The first-order chi connectivity index (χ1) is 15.8. The summed E-state index contributed by atoms with van der Waals surface area (Å²) in [5.74, 6) is -1.48. The molecular weight excluding hydrogens is 428 g/mol. The number of likely N-dealkylation sites (tertiary alicyclic amines) is 1. The van der Waals surface area contributed by atoms with E-state index in [1.165, 1.54) is 24.6 Å². The summed E-state index contributed by atoms with van der Waals surface area (Å²) >= 11 is 0. The maximum Gasteiger partial charge on any atom is 0.296 e. The first-order valence-electron chi connectivity index (χ1n) is 10.9. The van der Waals surface area contributed by atoms with Crippen molar-refractivity contribution in [1.29, 1.82) is 0 Å². The number of rotatable bonds is 5. The third kappa shape index (κ3) is 4.23. The Morgan fingerprint density at radius 1 is 1.12 bits per heavy atom. The highest BCUT2D eigenvalue weighted by molar-refractivity contribution is 5.91. The number of piperidine rings is 1. The number of hydrogen-bond donors (Lipinski definition) is 0. The van der Waals surface area contributed by atoms with Crippen LogP contribution in [-0.4, -0.2) is 54.1 Å². The highest BCUT2D eigenvalue weighted by Crippen LogP contribution is 2.40. The van der Waals surface area contributed by atoms with Crippen molar-refractivity contribution in [2.24, 2.45) is 0 Å². The van der Waals surface area contributed by atoms with Crippen LogP contribution in [0.4, 0.5) is 8.78 Å². The molecule has 3 aromatic rings. The zero-order valence-corrected chi connectivity index (χ0v) is 18.8. The van der Waals surface area contributed by atoms with E-state index in [4.69, 9.17) is 14.2 Å². The van der Waals surface area contributed by atoms with E-state index in [0.29, 0.717) is 28.9 Å². The van der Waals surface area contributed by atoms with E-state index in [1.807, 2.05) is 18.2 Å². The summed E-state index contributed by atoms with van der Waals surface area (Å²) in [6.07, 6.45) is 3.35. The van der Waals surface area contributed by atoms with Gasteiger partial charge in [0.15, 0.2) is 6.10 Å². The second-order valence-electron chi connectivity index (χ2n) is 8.72. The molecule has 0 N–H and O–H groups in total. The van der Waals surface area contributed by atoms with E-state index in [-0.39, 0.29) is 24.6 Å². The number of fused-ring (bicyclic) bond motifs is 2. The van der Waals surface area contributed by atoms with Crippen LogP contribution in [0.3, 0.4) is 0 Å². The normalized spacial score (nSPS) is 19.8. The van der Waals surface area contributed by atoms with Crippen LogP contribution in [-0.2, 0) is 6.42 Å². The monoisotopic (exact) mass is 453 g/mol. The second-order valence-corrected chi connectivity index (χ2v) is 8.72. The Kier molecular flexibility index (Phi) is 5.40. The lowest BCUT2D eigenvalue weighted by atomic mass is 10.0. The number of hydrogen-bond acceptors (Lipinski definition) is 6. The average Bonchev–Trinajstić information content (AvgIpc) is 3.14. The van der Waals surface area contributed by atoms with Gasteiger partial charge in [0.05, 0.1) is 19.2 Å². The standard InChI is InChI=1S/C25H25F2N3O3/c1-15-8-16-4-5-18(10-17(16)9-15)32-24-23-20(28-14-29-24)11-19(31-3)12-21(23)33-22-6-7-30(2)13-25(22,26)27/h4-5,9-12,14,22H,6-8,13H2,1-3H3. The molecule has 172 valence electrons. The number of benzene rings is 2. The predicted octanol–water partition coefficient (Wildman–Crippen LogP) is 5.11. The largest absolute Gasteiger partial charge is 0.497 e. The van der Waals surface area contributed by atoms with Crippen molar-refractivity contribution in [3.05, 3.63) is 53.4 Å². The number of methoxy groups -OCH3 is 1. The van der Waals surface area contributed by atoms with Gasteiger partial charge in [-0.25, -0.2) is 18.7 Å². The van der Waals surface area contributed by atoms with Gasteiger partial charge in [-0.15, -0.1) is 0 Å². The first kappa shape index (κ1) is 21.6. The van der Waals surface area contributed by atoms with Gasteiger partial charge in [0.1, 0.15) is 29.0 Å². The number of allylic oxidation sites excluding steroid dienone is 1. The predicted molar refractivity (Wildman–Crippen MR) is 121 cm³/mol. The Hall–Kier alpha value is -3.26. The van der Waals surface area contributed by atoms with Crippen LogP contribution in [0.5, 0.6) is 23.1 Å². The van der Waals surface area contributed by atoms with Crippen molar-refractivity contribution < 1.29 is 23.0 Å². The lowest BCUT2D eigenvalue weighted by Gasteiger charge is -2.36. The molecular formula is C25H25F2N3O3. The summed E-state index contributed by atoms with van der Waals surface area (Å²) in [5, 5.41) is 0.431. The molecule has 0 bridgehead atoms. The van der Waals surface area contributed by atoms with Crippen molar-refractivity contribution in [1.82, 2.24) is 14.9 Å². The topological polar surface area (TPSA) is 56.7 Å². The maximum absolute atomic E-state index is 14.7. The SMILES string of the molecule is COc1cc(OC2CCN(C)CC2(F)F)c2c(Oc3ccc4c(c3)C=C(C)C4)ncnc2c1. The van der Waals surface area contributed by atoms with Gasteiger partial charge >= 0.3 is 0 Å². The van der Waals surface area contributed by atoms with Crippen molar-refractivity contribution >= 4 is 17.0 Å². The van der Waals surface area contributed by atoms with Gasteiger partial charge in [0.2, 0.25) is 5.88 Å². The summed E-state index contributed by atoms with van der Waals surface area (Å²) in [6, 6.07) is 9.16. The lowest BCUT2D eigenvalue weighted by molar-refractivity contribution is -0.134. The molecule has 0 saturated carbocycles. The van der Waals surface area contributed by atoms with E-state index < -0.39 is 12.0 Å². The van der Waals surface area contributed by atoms with Gasteiger partial charge < -0.3 is 19.1 Å². The lowest BCUT2D eigenvalue weighted by Crippen LogP contribution is -2.52. The van der Waals surface area contributed by atoms with E-state index in [9.17, 15) is 8.78 Å². The number of alkyl halides is 2. The number of nitrogens with zero attached hydrogens (tertiary/aromatic N) is 3. The molecule has 2 heterocycles. The highest BCUT2D eigenvalue weighted by atomic mass is 19.3. The number of halogens is 2. The number of ether oxygens (including phenoxy) is 3. The fraction of sp³-hybridized carbons (Fsp3) is 0.360. The van der Waals surface area contributed by atoms with Gasteiger partial charge in [-0.3, -0.25) is 0 Å². The summed E-state index contributed by atoms with van der Waals surface area (Å²) < 4.78 is 46.9. The van der Waals surface area contributed by atoms with Crippen LogP contribution in [0, 0.1) is 0 Å². The molecule has 1 unspecified atom stereocenters. The molecule has 2 aromatic carbocycles. The summed E-state index contributed by atoms with van der Waals surface area (Å²) in [5.41, 5.74) is 4.12. The van der Waals surface area contributed by atoms with E-state index in [1.54, 1.807) is 24.1 Å². The van der Waals surface area contributed by atoms with Crippen LogP contribution in [0.1, 0.15) is 24.5 Å². The van der Waals surface area contributed by atoms with Crippen molar-refractivity contribution in [3.8, 4) is 23.1 Å². The zero-order valence-electron chi connectivity index (χ0n) is 18.8. The molecule has 33 heavy (non-hydrogen) atoms. The van der Waals surface area contributed by atoms with Gasteiger partial charge in [-0.2, -0.15) is 0 Å². The van der Waals surface area contributed by atoms with Gasteiger partial charge in [-0.05, 0) is 43.7 Å². The van der Waals surface area contributed by atoms with Crippen LogP contribution in [0.25, 0.3) is 17.0 Å². The fourth-order valence-electron chi connectivity index (χ4n) is 4.44. The molecule has 0 radical (unpaired) electrons. The molecule has 0 amide bonds. The molecule has 8 heteroatoms. The smallest absolute Gasteiger partial charge is 0.296 e. The van der Waals surface area contributed by atoms with Crippen LogP contribution in [0.15, 0.2) is 42.2 Å². The van der Waals surface area contributed by atoms with Crippen molar-refractivity contribution in [3.63, 3.8) is 0 Å². The zero-order chi connectivity index (χ0) is 23.2. The minimum Gasteiger partial charge on any atom is -0.497 e. The highest BCUT2D eigenvalue weighted by Gasteiger charge is 2.45. The molecule has 1 aliphatic heterocycles. The summed E-state index contributed by atoms with van der Waals surface area (Å²) in [4.78, 5) is 10.2. The van der Waals surface area contributed by atoms with Gasteiger partial charge in [0, 0.05) is 25.1 Å². The van der Waals surface area contributed by atoms with Crippen LogP contribution >= 0.6 is 0 Å². The third-order valence-electron chi connectivity index (χ3n) is 6.07. The Bertz CT molecular complexity index is 1250. The molecule has 1 saturated heterocycles. The fourth-order valence-corrected chi connectivity index (χ4v) is 4.44. The van der Waals surface area contributed by atoms with Crippen LogP contribution in [0.2, 0.25) is 0 Å². The van der Waals surface area contributed by atoms with Gasteiger partial charge in [0.25, 0.3) is 5.92 Å². The molecule has 1 fully saturated rings. The minimum atomic E-state index is -3.00. The van der Waals surface area contributed by atoms with E-state index >= 15 is 0 Å². The average molecular weight is 453 g/mol. The van der Waals surface area contributed by atoms with E-state index in [2.05, 4.69) is 23.0 Å². The Balaban J connectivity index is 1.54. The Labute approximate surface area is 190 Å². The summed E-state index contributed by atoms with van der Waals surface area (Å²) in [7, 11) is 3.19. The molecule has 6 nitrogen and oxygen atoms in total. The third-order valence-corrected chi connectivity index (χ3v) is 6.07. The quantitative estimate of drug-likeness (QED) is 0.535. The summed E-state index contributed by atoms with van der Waals surface area (Å²) in [6.45, 7) is 2.25. The molecule has 1 aliphatic carbocycles. The molecule has 0 spiro atoms. The molecule has 1 atom stereocenters. The van der Waals surface area contributed by atoms with Crippen molar-refractivity contribution in [2.45, 2.75) is 31.8 Å². The maximum atomic E-state index is 14.7.